The van der Waals surface area contributed by atoms with E-state index in [1.165, 1.54) is 0 Å². The number of nitrogens with zero attached hydrogens (tertiary/aromatic N) is 2. The van der Waals surface area contributed by atoms with Crippen molar-refractivity contribution in [2.24, 2.45) is 0 Å². The summed E-state index contributed by atoms with van der Waals surface area (Å²) in [6.07, 6.45) is 0. The number of fused-ring (bicyclic) bond motifs is 4. The van der Waals surface area contributed by atoms with Crippen LogP contribution in [0.1, 0.15) is 41.5 Å². The second kappa shape index (κ2) is 12.8. The molecule has 0 unspecified atom stereocenters. The highest BCUT2D eigenvalue weighted by Gasteiger charge is 2.52. The van der Waals surface area contributed by atoms with Crippen LogP contribution in [0.5, 0.6) is 23.0 Å². The molecule has 10 heteroatoms. The van der Waals surface area contributed by atoms with Gasteiger partial charge in [0.05, 0.1) is 46.2 Å². The van der Waals surface area contributed by atoms with Gasteiger partial charge in [0.2, 0.25) is 0 Å². The Morgan fingerprint density at radius 3 is 1.20 bits per heavy atom. The number of hydrogen-bond donors (Lipinski definition) is 0. The molecule has 56 heavy (non-hydrogen) atoms. The van der Waals surface area contributed by atoms with Crippen LogP contribution in [0.2, 0.25) is 0 Å². The average Bonchev–Trinajstić information content (AvgIpc) is 3.67. The Hall–Kier alpha value is -5.51. The zero-order valence-corrected chi connectivity index (χ0v) is 32.4. The monoisotopic (exact) mass is 740 g/mol. The first-order valence-electron chi connectivity index (χ1n) is 19.2. The molecule has 2 saturated heterocycles. The van der Waals surface area contributed by atoms with Crippen LogP contribution in [0.25, 0.3) is 11.1 Å². The number of benzene rings is 6. The lowest BCUT2D eigenvalue weighted by atomic mass is 9.75. The van der Waals surface area contributed by atoms with Crippen molar-refractivity contribution in [2.45, 2.75) is 58.3 Å². The van der Waals surface area contributed by atoms with Crippen LogP contribution in [0.4, 0.5) is 34.1 Å². The predicted molar refractivity (Wildman–Crippen MR) is 224 cm³/mol. The fourth-order valence-electron chi connectivity index (χ4n) is 7.88. The van der Waals surface area contributed by atoms with E-state index in [0.717, 1.165) is 79.2 Å². The van der Waals surface area contributed by atoms with E-state index < -0.39 is 31.0 Å². The highest BCUT2D eigenvalue weighted by molar-refractivity contribution is 6.63. The van der Waals surface area contributed by atoms with Gasteiger partial charge in [0.15, 0.2) is 23.0 Å². The van der Waals surface area contributed by atoms with Crippen molar-refractivity contribution in [2.75, 3.05) is 16.4 Å². The van der Waals surface area contributed by atoms with E-state index in [0.29, 0.717) is 6.61 Å². The third-order valence-electron chi connectivity index (χ3n) is 11.4. The molecule has 0 aliphatic carbocycles. The second-order valence-electron chi connectivity index (χ2n) is 16.5. The fraction of sp³-hybridized carbons (Fsp3) is 0.217. The van der Waals surface area contributed by atoms with Crippen LogP contribution in [0.15, 0.2) is 133 Å². The standard InChI is InChI=1S/C46H42B2N2O6/c1-44(2)29-51-47(54-44)32-23-30(25-34(27-32)49-36-15-7-11-19-40(36)52-41-20-12-8-16-37(41)49)31-24-33(48-55-45(3,4)46(5,6)56-48)28-35(26-31)50-38-17-9-13-21-42(38)53-43-22-14-10-18-39(43)50/h7-28H,29H2,1-6H3. The van der Waals surface area contributed by atoms with E-state index in [2.05, 4.69) is 112 Å². The molecule has 6 aromatic rings. The number of hydrogen-bond acceptors (Lipinski definition) is 8. The molecule has 6 aromatic carbocycles. The Kier molecular flexibility index (Phi) is 7.96. The van der Waals surface area contributed by atoms with E-state index in [1.54, 1.807) is 0 Å². The maximum atomic E-state index is 6.72. The molecule has 0 atom stereocenters. The summed E-state index contributed by atoms with van der Waals surface area (Å²) in [5, 5.41) is 0. The normalized spacial score (nSPS) is 18.4. The number of ether oxygens (including phenoxy) is 2. The summed E-state index contributed by atoms with van der Waals surface area (Å²) in [6, 6.07) is 45.7. The van der Waals surface area contributed by atoms with Gasteiger partial charge < -0.3 is 37.9 Å². The lowest BCUT2D eigenvalue weighted by molar-refractivity contribution is 0.00578. The predicted octanol–water partition coefficient (Wildman–Crippen LogP) is 10.3. The van der Waals surface area contributed by atoms with Crippen molar-refractivity contribution in [3.63, 3.8) is 0 Å². The van der Waals surface area contributed by atoms with Crippen molar-refractivity contribution in [3.8, 4) is 34.1 Å². The van der Waals surface area contributed by atoms with Gasteiger partial charge >= 0.3 is 14.2 Å². The van der Waals surface area contributed by atoms with Crippen molar-refractivity contribution in [3.05, 3.63) is 133 Å². The zero-order valence-electron chi connectivity index (χ0n) is 32.4. The molecule has 0 spiro atoms. The lowest BCUT2D eigenvalue weighted by Gasteiger charge is -2.34. The average molecular weight is 740 g/mol. The highest BCUT2D eigenvalue weighted by atomic mass is 16.7. The topological polar surface area (TPSA) is 61.9 Å². The van der Waals surface area contributed by atoms with Crippen LogP contribution < -0.4 is 30.2 Å². The Bertz CT molecular complexity index is 2410. The summed E-state index contributed by atoms with van der Waals surface area (Å²) in [5.41, 5.74) is 7.93. The maximum Gasteiger partial charge on any atom is 0.494 e. The molecule has 0 aromatic heterocycles. The van der Waals surface area contributed by atoms with Gasteiger partial charge in [-0.05, 0) is 136 Å². The van der Waals surface area contributed by atoms with Gasteiger partial charge in [0.25, 0.3) is 0 Å². The van der Waals surface area contributed by atoms with Crippen molar-refractivity contribution in [1.82, 2.24) is 0 Å². The summed E-state index contributed by atoms with van der Waals surface area (Å²) in [7, 11) is -1.16. The quantitative estimate of drug-likeness (QED) is 0.162. The summed E-state index contributed by atoms with van der Waals surface area (Å²) in [4.78, 5) is 4.52. The molecule has 278 valence electrons. The first kappa shape index (κ1) is 34.9. The van der Waals surface area contributed by atoms with Gasteiger partial charge in [-0.1, -0.05) is 60.7 Å². The molecule has 0 bridgehead atoms. The minimum atomic E-state index is -0.604. The molecule has 8 nitrogen and oxygen atoms in total. The van der Waals surface area contributed by atoms with Crippen molar-refractivity contribution < 1.29 is 28.1 Å². The first-order valence-corrected chi connectivity index (χ1v) is 19.2. The van der Waals surface area contributed by atoms with Crippen LogP contribution >= 0.6 is 0 Å². The molecule has 4 aliphatic rings. The van der Waals surface area contributed by atoms with Crippen LogP contribution in [-0.4, -0.2) is 37.6 Å². The van der Waals surface area contributed by atoms with Gasteiger partial charge in [0, 0.05) is 11.4 Å². The molecule has 0 N–H and O–H groups in total. The SMILES string of the molecule is CC1(C)COB(c2cc(-c3cc(B4OC(C)(C)C(C)(C)O4)cc(N4c5ccccc5Oc5ccccc54)c3)cc(N3c4ccccc4Oc4ccccc43)c2)O1. The third kappa shape index (κ3) is 5.87. The van der Waals surface area contributed by atoms with E-state index in [4.69, 9.17) is 28.1 Å². The van der Waals surface area contributed by atoms with Gasteiger partial charge in [-0.3, -0.25) is 0 Å². The van der Waals surface area contributed by atoms with Gasteiger partial charge in [-0.25, -0.2) is 0 Å². The summed E-state index contributed by atoms with van der Waals surface area (Å²) in [5.74, 6) is 3.12. The summed E-state index contributed by atoms with van der Waals surface area (Å²) >= 11 is 0. The van der Waals surface area contributed by atoms with Gasteiger partial charge in [-0.2, -0.15) is 0 Å². The summed E-state index contributed by atoms with van der Waals surface area (Å²) < 4.78 is 39.2. The van der Waals surface area contributed by atoms with Crippen molar-refractivity contribution >= 4 is 59.3 Å². The summed E-state index contributed by atoms with van der Waals surface area (Å²) in [6.45, 7) is 12.9. The van der Waals surface area contributed by atoms with Gasteiger partial charge in [-0.15, -0.1) is 0 Å². The first-order chi connectivity index (χ1) is 26.9. The van der Waals surface area contributed by atoms with Crippen LogP contribution in [-0.2, 0) is 18.6 Å². The minimum Gasteiger partial charge on any atom is -0.453 e. The molecule has 0 saturated carbocycles. The number of para-hydroxylation sites is 8. The maximum absolute atomic E-state index is 6.72. The van der Waals surface area contributed by atoms with Crippen LogP contribution in [0.3, 0.4) is 0 Å². The highest BCUT2D eigenvalue weighted by Crippen LogP contribution is 2.52. The molecular formula is C46H42B2N2O6. The molecule has 0 radical (unpaired) electrons. The van der Waals surface area contributed by atoms with Gasteiger partial charge in [0.1, 0.15) is 0 Å². The second-order valence-corrected chi connectivity index (χ2v) is 16.5. The Balaban J connectivity index is 1.20. The van der Waals surface area contributed by atoms with E-state index in [9.17, 15) is 0 Å². The molecule has 4 heterocycles. The molecule has 2 fully saturated rings. The Morgan fingerprint density at radius 1 is 0.446 bits per heavy atom. The zero-order chi connectivity index (χ0) is 38.4. The minimum absolute atomic E-state index is 0.431. The van der Waals surface area contributed by atoms with E-state index in [1.807, 2.05) is 72.8 Å². The fourth-order valence-corrected chi connectivity index (χ4v) is 7.88. The molecule has 10 rings (SSSR count). The number of rotatable bonds is 5. The van der Waals surface area contributed by atoms with E-state index in [-0.39, 0.29) is 0 Å². The molecule has 4 aliphatic heterocycles. The third-order valence-corrected chi connectivity index (χ3v) is 11.4. The van der Waals surface area contributed by atoms with Crippen molar-refractivity contribution in [1.29, 1.82) is 0 Å². The van der Waals surface area contributed by atoms with E-state index >= 15 is 0 Å². The lowest BCUT2D eigenvalue weighted by Crippen LogP contribution is -2.41. The van der Waals surface area contributed by atoms with Crippen LogP contribution in [0, 0.1) is 0 Å². The Labute approximate surface area is 328 Å². The number of anilines is 6. The smallest absolute Gasteiger partial charge is 0.453 e. The molecular weight excluding hydrogens is 698 g/mol. The Morgan fingerprint density at radius 2 is 0.821 bits per heavy atom. The largest absolute Gasteiger partial charge is 0.494 e. The molecule has 0 amide bonds.